The molecular formula is C19H19N3O. The number of nitrogens with zero attached hydrogens (tertiary/aromatic N) is 2. The number of nitrogens with one attached hydrogen (secondary N) is 1. The number of amides is 1. The van der Waals surface area contributed by atoms with Crippen LogP contribution in [-0.2, 0) is 13.6 Å². The van der Waals surface area contributed by atoms with Crippen LogP contribution in [-0.4, -0.2) is 15.5 Å². The van der Waals surface area contributed by atoms with Crippen molar-refractivity contribution in [3.63, 3.8) is 0 Å². The second-order valence-electron chi connectivity index (χ2n) is 5.55. The van der Waals surface area contributed by atoms with Crippen molar-refractivity contribution in [2.45, 2.75) is 13.5 Å². The standard InChI is InChI=1S/C19H19N3O/c1-14-13-22(2)18(17(14)16-6-4-3-5-7-16)19(23)21-12-15-8-10-20-11-9-15/h3-11,13H,12H2,1-2H3,(H,21,23). The maximum absolute atomic E-state index is 12.7. The Balaban J connectivity index is 1.89. The molecule has 1 amide bonds. The van der Waals surface area contributed by atoms with E-state index in [9.17, 15) is 4.79 Å². The molecule has 0 spiro atoms. The van der Waals surface area contributed by atoms with Gasteiger partial charge in [0.2, 0.25) is 0 Å². The summed E-state index contributed by atoms with van der Waals surface area (Å²) >= 11 is 0. The van der Waals surface area contributed by atoms with Gasteiger partial charge in [-0.2, -0.15) is 0 Å². The van der Waals surface area contributed by atoms with E-state index in [0.717, 1.165) is 22.3 Å². The molecule has 116 valence electrons. The molecule has 1 aromatic carbocycles. The molecule has 0 fully saturated rings. The second-order valence-corrected chi connectivity index (χ2v) is 5.55. The highest BCUT2D eigenvalue weighted by atomic mass is 16.1. The number of benzene rings is 1. The third-order valence-electron chi connectivity index (χ3n) is 3.85. The van der Waals surface area contributed by atoms with Crippen molar-refractivity contribution in [1.29, 1.82) is 0 Å². The summed E-state index contributed by atoms with van der Waals surface area (Å²) in [5.74, 6) is -0.0729. The third kappa shape index (κ3) is 3.16. The first kappa shape index (κ1) is 15.0. The van der Waals surface area contributed by atoms with Crippen LogP contribution in [0.1, 0.15) is 21.6 Å². The normalized spacial score (nSPS) is 10.5. The van der Waals surface area contributed by atoms with Gasteiger partial charge in [0, 0.05) is 37.7 Å². The first-order chi connectivity index (χ1) is 11.2. The highest BCUT2D eigenvalue weighted by molar-refractivity contribution is 6.00. The molecule has 0 unspecified atom stereocenters. The lowest BCUT2D eigenvalue weighted by Gasteiger charge is -2.10. The highest BCUT2D eigenvalue weighted by Gasteiger charge is 2.19. The van der Waals surface area contributed by atoms with Gasteiger partial charge < -0.3 is 9.88 Å². The molecule has 0 aliphatic heterocycles. The number of aromatic nitrogens is 2. The minimum absolute atomic E-state index is 0.0729. The van der Waals surface area contributed by atoms with Crippen molar-refractivity contribution in [3.8, 4) is 11.1 Å². The molecule has 3 aromatic rings. The number of hydrogen-bond acceptors (Lipinski definition) is 2. The Hall–Kier alpha value is -2.88. The Morgan fingerprint density at radius 3 is 2.52 bits per heavy atom. The van der Waals surface area contributed by atoms with E-state index in [2.05, 4.69) is 10.3 Å². The van der Waals surface area contributed by atoms with Gasteiger partial charge in [-0.25, -0.2) is 0 Å². The monoisotopic (exact) mass is 305 g/mol. The van der Waals surface area contributed by atoms with E-state index in [1.54, 1.807) is 12.4 Å². The average Bonchev–Trinajstić information content (AvgIpc) is 2.88. The van der Waals surface area contributed by atoms with Crippen molar-refractivity contribution in [1.82, 2.24) is 14.9 Å². The summed E-state index contributed by atoms with van der Waals surface area (Å²) in [4.78, 5) is 16.7. The van der Waals surface area contributed by atoms with Gasteiger partial charge in [-0.3, -0.25) is 9.78 Å². The average molecular weight is 305 g/mol. The fourth-order valence-electron chi connectivity index (χ4n) is 2.79. The van der Waals surface area contributed by atoms with Crippen molar-refractivity contribution in [2.75, 3.05) is 0 Å². The van der Waals surface area contributed by atoms with Gasteiger partial charge in [0.1, 0.15) is 5.69 Å². The fourth-order valence-corrected chi connectivity index (χ4v) is 2.79. The van der Waals surface area contributed by atoms with E-state index < -0.39 is 0 Å². The summed E-state index contributed by atoms with van der Waals surface area (Å²) in [6.45, 7) is 2.52. The summed E-state index contributed by atoms with van der Waals surface area (Å²) in [5.41, 5.74) is 4.84. The molecule has 2 heterocycles. The van der Waals surface area contributed by atoms with Crippen molar-refractivity contribution < 1.29 is 4.79 Å². The third-order valence-corrected chi connectivity index (χ3v) is 3.85. The molecule has 4 nitrogen and oxygen atoms in total. The molecular weight excluding hydrogens is 286 g/mol. The Labute approximate surface area is 135 Å². The predicted molar refractivity (Wildman–Crippen MR) is 91.0 cm³/mol. The van der Waals surface area contributed by atoms with Crippen LogP contribution in [0.2, 0.25) is 0 Å². The van der Waals surface area contributed by atoms with E-state index >= 15 is 0 Å². The largest absolute Gasteiger partial charge is 0.347 e. The molecule has 0 saturated heterocycles. The highest BCUT2D eigenvalue weighted by Crippen LogP contribution is 2.28. The van der Waals surface area contributed by atoms with Gasteiger partial charge in [0.25, 0.3) is 5.91 Å². The second kappa shape index (κ2) is 6.48. The Morgan fingerprint density at radius 2 is 1.83 bits per heavy atom. The number of carbonyl (C=O) groups excluding carboxylic acids is 1. The van der Waals surface area contributed by atoms with E-state index in [0.29, 0.717) is 12.2 Å². The van der Waals surface area contributed by atoms with Crippen molar-refractivity contribution in [3.05, 3.63) is 77.9 Å². The minimum Gasteiger partial charge on any atom is -0.347 e. The number of pyridine rings is 1. The van der Waals surface area contributed by atoms with E-state index in [1.165, 1.54) is 0 Å². The van der Waals surface area contributed by atoms with Crippen LogP contribution >= 0.6 is 0 Å². The number of rotatable bonds is 4. The molecule has 1 N–H and O–H groups in total. The zero-order chi connectivity index (χ0) is 16.2. The minimum atomic E-state index is -0.0729. The van der Waals surface area contributed by atoms with Crippen molar-refractivity contribution in [2.24, 2.45) is 7.05 Å². The van der Waals surface area contributed by atoms with Gasteiger partial charge in [-0.05, 0) is 35.7 Å². The van der Waals surface area contributed by atoms with Gasteiger partial charge in [0.15, 0.2) is 0 Å². The van der Waals surface area contributed by atoms with Crippen LogP contribution in [0.3, 0.4) is 0 Å². The van der Waals surface area contributed by atoms with E-state index in [-0.39, 0.29) is 5.91 Å². The van der Waals surface area contributed by atoms with Gasteiger partial charge in [-0.15, -0.1) is 0 Å². The van der Waals surface area contributed by atoms with Crippen LogP contribution < -0.4 is 5.32 Å². The lowest BCUT2D eigenvalue weighted by molar-refractivity contribution is 0.0943. The predicted octanol–water partition coefficient (Wildman–Crippen LogP) is 3.33. The van der Waals surface area contributed by atoms with E-state index in [1.807, 2.05) is 67.2 Å². The molecule has 2 aromatic heterocycles. The van der Waals surface area contributed by atoms with Crippen LogP contribution in [0.5, 0.6) is 0 Å². The number of carbonyl (C=O) groups is 1. The van der Waals surface area contributed by atoms with Gasteiger partial charge in [-0.1, -0.05) is 30.3 Å². The summed E-state index contributed by atoms with van der Waals surface area (Å²) < 4.78 is 1.89. The molecule has 0 aliphatic carbocycles. The number of aryl methyl sites for hydroxylation is 2. The molecule has 0 aliphatic rings. The first-order valence-corrected chi connectivity index (χ1v) is 7.55. The summed E-state index contributed by atoms with van der Waals surface area (Å²) in [7, 11) is 1.90. The topological polar surface area (TPSA) is 46.9 Å². The smallest absolute Gasteiger partial charge is 0.268 e. The maximum atomic E-state index is 12.7. The Morgan fingerprint density at radius 1 is 1.13 bits per heavy atom. The zero-order valence-corrected chi connectivity index (χ0v) is 13.3. The summed E-state index contributed by atoms with van der Waals surface area (Å²) in [6, 6.07) is 13.8. The molecule has 0 saturated carbocycles. The summed E-state index contributed by atoms with van der Waals surface area (Å²) in [6.07, 6.45) is 5.44. The Kier molecular flexibility index (Phi) is 4.24. The van der Waals surface area contributed by atoms with Crippen molar-refractivity contribution >= 4 is 5.91 Å². The zero-order valence-electron chi connectivity index (χ0n) is 13.3. The SMILES string of the molecule is Cc1cn(C)c(C(=O)NCc2ccncc2)c1-c1ccccc1. The fraction of sp³-hybridized carbons (Fsp3) is 0.158. The molecule has 0 radical (unpaired) electrons. The Bertz CT molecular complexity index is 807. The maximum Gasteiger partial charge on any atom is 0.268 e. The van der Waals surface area contributed by atoms with Gasteiger partial charge >= 0.3 is 0 Å². The molecule has 3 rings (SSSR count). The van der Waals surface area contributed by atoms with Crippen LogP contribution in [0.15, 0.2) is 61.1 Å². The molecule has 0 atom stereocenters. The van der Waals surface area contributed by atoms with Crippen LogP contribution in [0.25, 0.3) is 11.1 Å². The molecule has 23 heavy (non-hydrogen) atoms. The number of hydrogen-bond donors (Lipinski definition) is 1. The quantitative estimate of drug-likeness (QED) is 0.803. The van der Waals surface area contributed by atoms with Crippen LogP contribution in [0.4, 0.5) is 0 Å². The lowest BCUT2D eigenvalue weighted by atomic mass is 10.0. The summed E-state index contributed by atoms with van der Waals surface area (Å²) in [5, 5.41) is 2.99. The molecule has 4 heteroatoms. The van der Waals surface area contributed by atoms with E-state index in [4.69, 9.17) is 0 Å². The lowest BCUT2D eigenvalue weighted by Crippen LogP contribution is -2.25. The first-order valence-electron chi connectivity index (χ1n) is 7.55. The van der Waals surface area contributed by atoms with Gasteiger partial charge in [0.05, 0.1) is 0 Å². The van der Waals surface area contributed by atoms with Crippen LogP contribution in [0, 0.1) is 6.92 Å². The molecule has 0 bridgehead atoms.